The van der Waals surface area contributed by atoms with E-state index in [1.165, 1.54) is 4.90 Å². The summed E-state index contributed by atoms with van der Waals surface area (Å²) in [6, 6.07) is 0. The van der Waals surface area contributed by atoms with Crippen LogP contribution in [0.1, 0.15) is 13.3 Å². The number of hydrogen-bond donors (Lipinski definition) is 3. The molecule has 0 rings (SSSR count). The van der Waals surface area contributed by atoms with Crippen LogP contribution in [0.5, 0.6) is 0 Å². The molecule has 0 saturated heterocycles. The van der Waals surface area contributed by atoms with Gasteiger partial charge in [-0.1, -0.05) is 6.92 Å². The van der Waals surface area contributed by atoms with Gasteiger partial charge in [0, 0.05) is 13.1 Å². The Morgan fingerprint density at radius 2 is 1.17 bits per heavy atom. The topological polar surface area (TPSA) is 145 Å². The lowest BCUT2D eigenvalue weighted by molar-refractivity contribution is -0.148. The minimum Gasteiger partial charge on any atom is -0.480 e. The second-order valence-corrected chi connectivity index (χ2v) is 4.82. The minimum absolute atomic E-state index is 0.00701. The number of nitrogens with zero attached hydrogens (tertiary/aromatic N) is 2. The van der Waals surface area contributed by atoms with E-state index in [9.17, 15) is 19.2 Å². The summed E-state index contributed by atoms with van der Waals surface area (Å²) in [5.74, 6) is -4.13. The first-order chi connectivity index (χ1) is 10.7. The lowest BCUT2D eigenvalue weighted by atomic mass is 10.4. The number of carboxylic acids is 3. The maximum absolute atomic E-state index is 11.5. The van der Waals surface area contributed by atoms with Crippen molar-refractivity contribution in [3.8, 4) is 0 Å². The Morgan fingerprint density at radius 3 is 1.52 bits per heavy atom. The van der Waals surface area contributed by atoms with Crippen molar-refractivity contribution >= 4 is 23.9 Å². The molecule has 10 heteroatoms. The standard InChI is InChI=1S/C13H22N2O8/c1-2-5-23-13(22)9-15(8-12(20)21)4-3-14(6-10(16)17)7-11(18)19/h2-9H2,1H3,(H,16,17)(H,18,19)(H,20,21). The summed E-state index contributed by atoms with van der Waals surface area (Å²) in [7, 11) is 0. The molecule has 0 aromatic carbocycles. The summed E-state index contributed by atoms with van der Waals surface area (Å²) in [5, 5.41) is 26.3. The van der Waals surface area contributed by atoms with E-state index in [4.69, 9.17) is 20.1 Å². The largest absolute Gasteiger partial charge is 0.480 e. The SMILES string of the molecule is CCCOC(=O)CN(CCN(CC(=O)O)CC(=O)O)CC(=O)O. The molecule has 0 atom stereocenters. The normalized spacial score (nSPS) is 10.7. The highest BCUT2D eigenvalue weighted by molar-refractivity contribution is 5.74. The molecular formula is C13H22N2O8. The van der Waals surface area contributed by atoms with Gasteiger partial charge in [0.25, 0.3) is 0 Å². The highest BCUT2D eigenvalue weighted by Gasteiger charge is 2.18. The van der Waals surface area contributed by atoms with Crippen LogP contribution in [0.25, 0.3) is 0 Å². The van der Waals surface area contributed by atoms with Crippen LogP contribution in [0.15, 0.2) is 0 Å². The van der Waals surface area contributed by atoms with E-state index in [2.05, 4.69) is 0 Å². The predicted octanol–water partition coefficient (Wildman–Crippen LogP) is -1.20. The summed E-state index contributed by atoms with van der Waals surface area (Å²) >= 11 is 0. The quantitative estimate of drug-likeness (QED) is 0.351. The van der Waals surface area contributed by atoms with E-state index in [0.29, 0.717) is 6.42 Å². The summed E-state index contributed by atoms with van der Waals surface area (Å²) in [6.45, 7) is 0.374. The Kier molecular flexibility index (Phi) is 10.3. The third-order valence-electron chi connectivity index (χ3n) is 2.63. The molecule has 0 heterocycles. The third-order valence-corrected chi connectivity index (χ3v) is 2.63. The van der Waals surface area contributed by atoms with Gasteiger partial charge in [-0.25, -0.2) is 0 Å². The van der Waals surface area contributed by atoms with Crippen LogP contribution in [-0.2, 0) is 23.9 Å². The average molecular weight is 334 g/mol. The Balaban J connectivity index is 4.59. The van der Waals surface area contributed by atoms with Crippen molar-refractivity contribution in [2.75, 3.05) is 45.9 Å². The molecule has 0 radical (unpaired) electrons. The highest BCUT2D eigenvalue weighted by atomic mass is 16.5. The van der Waals surface area contributed by atoms with E-state index in [0.717, 1.165) is 4.90 Å². The van der Waals surface area contributed by atoms with Crippen LogP contribution >= 0.6 is 0 Å². The first kappa shape index (κ1) is 20.8. The number of ether oxygens (including phenoxy) is 1. The van der Waals surface area contributed by atoms with Crippen LogP contribution < -0.4 is 0 Å². The molecule has 0 amide bonds. The summed E-state index contributed by atoms with van der Waals surface area (Å²) in [6.07, 6.45) is 0.635. The van der Waals surface area contributed by atoms with Crippen LogP contribution in [0.2, 0.25) is 0 Å². The first-order valence-corrected chi connectivity index (χ1v) is 7.00. The Morgan fingerprint density at radius 1 is 0.783 bits per heavy atom. The smallest absolute Gasteiger partial charge is 0.320 e. The van der Waals surface area contributed by atoms with Gasteiger partial charge in [-0.2, -0.15) is 0 Å². The van der Waals surface area contributed by atoms with E-state index in [1.807, 2.05) is 6.92 Å². The van der Waals surface area contributed by atoms with Gasteiger partial charge in [0.05, 0.1) is 32.8 Å². The van der Waals surface area contributed by atoms with Gasteiger partial charge < -0.3 is 20.1 Å². The average Bonchev–Trinajstić information content (AvgIpc) is 2.40. The van der Waals surface area contributed by atoms with E-state index in [1.54, 1.807) is 0 Å². The number of carboxylic acid groups (broad SMARTS) is 3. The zero-order valence-electron chi connectivity index (χ0n) is 12.9. The van der Waals surface area contributed by atoms with Crippen molar-refractivity contribution in [2.24, 2.45) is 0 Å². The van der Waals surface area contributed by atoms with Crippen molar-refractivity contribution in [3.05, 3.63) is 0 Å². The maximum Gasteiger partial charge on any atom is 0.320 e. The summed E-state index contributed by atoms with van der Waals surface area (Å²) in [5.41, 5.74) is 0. The molecule has 132 valence electrons. The highest BCUT2D eigenvalue weighted by Crippen LogP contribution is 1.96. The molecule has 0 bridgehead atoms. The van der Waals surface area contributed by atoms with Crippen LogP contribution in [0, 0.1) is 0 Å². The maximum atomic E-state index is 11.5. The number of aliphatic carboxylic acids is 3. The van der Waals surface area contributed by atoms with Gasteiger partial charge in [0.2, 0.25) is 0 Å². The molecule has 0 saturated carbocycles. The van der Waals surface area contributed by atoms with E-state index in [-0.39, 0.29) is 26.2 Å². The second kappa shape index (κ2) is 11.4. The fraction of sp³-hybridized carbons (Fsp3) is 0.692. The number of hydrogen-bond acceptors (Lipinski definition) is 7. The van der Waals surface area contributed by atoms with Gasteiger partial charge in [0.15, 0.2) is 0 Å². The van der Waals surface area contributed by atoms with Gasteiger partial charge >= 0.3 is 23.9 Å². The molecule has 3 N–H and O–H groups in total. The Labute approximate surface area is 133 Å². The first-order valence-electron chi connectivity index (χ1n) is 7.00. The zero-order chi connectivity index (χ0) is 17.8. The van der Waals surface area contributed by atoms with Crippen molar-refractivity contribution in [1.82, 2.24) is 9.80 Å². The molecule has 23 heavy (non-hydrogen) atoms. The molecule has 0 aliphatic carbocycles. The number of esters is 1. The lowest BCUT2D eigenvalue weighted by Gasteiger charge is -2.24. The molecule has 0 aromatic rings. The molecule has 0 fully saturated rings. The van der Waals surface area contributed by atoms with Crippen LogP contribution in [-0.4, -0.2) is 94.9 Å². The number of carbonyl (C=O) groups is 4. The van der Waals surface area contributed by atoms with E-state index >= 15 is 0 Å². The molecule has 0 unspecified atom stereocenters. The van der Waals surface area contributed by atoms with Crippen LogP contribution in [0.3, 0.4) is 0 Å². The number of carbonyl (C=O) groups excluding carboxylic acids is 1. The monoisotopic (exact) mass is 334 g/mol. The van der Waals surface area contributed by atoms with Crippen molar-refractivity contribution in [1.29, 1.82) is 0 Å². The van der Waals surface area contributed by atoms with E-state index < -0.39 is 43.5 Å². The molecule has 0 aliphatic rings. The van der Waals surface area contributed by atoms with Crippen molar-refractivity contribution < 1.29 is 39.2 Å². The summed E-state index contributed by atoms with van der Waals surface area (Å²) in [4.78, 5) is 46.1. The number of rotatable bonds is 13. The second-order valence-electron chi connectivity index (χ2n) is 4.82. The van der Waals surface area contributed by atoms with Crippen molar-refractivity contribution in [3.63, 3.8) is 0 Å². The minimum atomic E-state index is -1.20. The molecule has 10 nitrogen and oxygen atoms in total. The zero-order valence-corrected chi connectivity index (χ0v) is 12.9. The Hall–Kier alpha value is -2.20. The molecule has 0 spiro atoms. The van der Waals surface area contributed by atoms with Crippen LogP contribution in [0.4, 0.5) is 0 Å². The van der Waals surface area contributed by atoms with Crippen molar-refractivity contribution in [2.45, 2.75) is 13.3 Å². The van der Waals surface area contributed by atoms with Gasteiger partial charge in [-0.3, -0.25) is 29.0 Å². The predicted molar refractivity (Wildman–Crippen MR) is 77.0 cm³/mol. The molecule has 0 aliphatic heterocycles. The molecular weight excluding hydrogens is 312 g/mol. The van der Waals surface area contributed by atoms with Gasteiger partial charge in [-0.05, 0) is 6.42 Å². The summed E-state index contributed by atoms with van der Waals surface area (Å²) < 4.78 is 4.86. The van der Waals surface area contributed by atoms with Gasteiger partial charge in [0.1, 0.15) is 0 Å². The van der Waals surface area contributed by atoms with Gasteiger partial charge in [-0.15, -0.1) is 0 Å². The fourth-order valence-corrected chi connectivity index (χ4v) is 1.73. The lowest BCUT2D eigenvalue weighted by Crippen LogP contribution is -2.43. The molecule has 0 aromatic heterocycles. The fourth-order valence-electron chi connectivity index (χ4n) is 1.73. The third kappa shape index (κ3) is 12.1. The Bertz CT molecular complexity index is 410.